The maximum Gasteiger partial charge on any atom is 0.174 e. The fourth-order valence-electron chi connectivity index (χ4n) is 1.57. The molecule has 76 valence electrons. The van der Waals surface area contributed by atoms with Crippen molar-refractivity contribution < 1.29 is 4.74 Å². The Morgan fingerprint density at radius 2 is 2.13 bits per heavy atom. The van der Waals surface area contributed by atoms with E-state index in [2.05, 4.69) is 17.1 Å². The van der Waals surface area contributed by atoms with Crippen molar-refractivity contribution in [3.63, 3.8) is 0 Å². The molecule has 2 rings (SSSR count). The van der Waals surface area contributed by atoms with Crippen LogP contribution in [0.1, 0.15) is 0 Å². The van der Waals surface area contributed by atoms with E-state index in [9.17, 15) is 0 Å². The van der Waals surface area contributed by atoms with Crippen molar-refractivity contribution in [3.8, 4) is 11.8 Å². The van der Waals surface area contributed by atoms with Crippen LogP contribution in [0.3, 0.4) is 0 Å². The van der Waals surface area contributed by atoms with Crippen LogP contribution < -0.4 is 9.64 Å². The standard InChI is InChI=1S/C12H12N2O/c13-6-9-15-12-5-3-4-11(10-12)14-7-1-2-8-14/h1-5,10H,7-9H2. The molecule has 1 aliphatic heterocycles. The number of nitriles is 1. The van der Waals surface area contributed by atoms with E-state index in [1.807, 2.05) is 30.3 Å². The smallest absolute Gasteiger partial charge is 0.174 e. The van der Waals surface area contributed by atoms with Gasteiger partial charge in [0, 0.05) is 24.8 Å². The molecule has 1 heterocycles. The summed E-state index contributed by atoms with van der Waals surface area (Å²) in [6, 6.07) is 9.78. The quantitative estimate of drug-likeness (QED) is 0.700. The zero-order valence-electron chi connectivity index (χ0n) is 8.39. The van der Waals surface area contributed by atoms with Crippen molar-refractivity contribution in [2.24, 2.45) is 0 Å². The van der Waals surface area contributed by atoms with Gasteiger partial charge >= 0.3 is 0 Å². The molecule has 0 spiro atoms. The Morgan fingerprint density at radius 3 is 2.87 bits per heavy atom. The van der Waals surface area contributed by atoms with Gasteiger partial charge < -0.3 is 9.64 Å². The van der Waals surface area contributed by atoms with Crippen LogP contribution in [0.15, 0.2) is 36.4 Å². The lowest BCUT2D eigenvalue weighted by Gasteiger charge is -2.18. The zero-order valence-corrected chi connectivity index (χ0v) is 8.39. The zero-order chi connectivity index (χ0) is 10.5. The molecule has 3 nitrogen and oxygen atoms in total. The van der Waals surface area contributed by atoms with Gasteiger partial charge in [-0.1, -0.05) is 18.2 Å². The van der Waals surface area contributed by atoms with Gasteiger partial charge in [0.25, 0.3) is 0 Å². The van der Waals surface area contributed by atoms with Gasteiger partial charge in [-0.25, -0.2) is 0 Å². The summed E-state index contributed by atoms with van der Waals surface area (Å²) in [5.74, 6) is 0.751. The number of rotatable bonds is 3. The molecule has 3 heteroatoms. The van der Waals surface area contributed by atoms with Gasteiger partial charge in [-0.15, -0.1) is 0 Å². The highest BCUT2D eigenvalue weighted by Gasteiger charge is 2.07. The summed E-state index contributed by atoms with van der Waals surface area (Å²) in [4.78, 5) is 2.24. The summed E-state index contributed by atoms with van der Waals surface area (Å²) < 4.78 is 5.25. The molecule has 0 bridgehead atoms. The fourth-order valence-corrected chi connectivity index (χ4v) is 1.57. The largest absolute Gasteiger partial charge is 0.479 e. The Hall–Kier alpha value is -1.95. The molecule has 0 amide bonds. The van der Waals surface area contributed by atoms with Gasteiger partial charge in [-0.3, -0.25) is 0 Å². The predicted octanol–water partition coefficient (Wildman–Crippen LogP) is 1.97. The molecular weight excluding hydrogens is 188 g/mol. The van der Waals surface area contributed by atoms with Gasteiger partial charge in [0.2, 0.25) is 0 Å². The van der Waals surface area contributed by atoms with Crippen LogP contribution >= 0.6 is 0 Å². The van der Waals surface area contributed by atoms with E-state index in [1.165, 1.54) is 0 Å². The minimum Gasteiger partial charge on any atom is -0.479 e. The molecular formula is C12H12N2O. The van der Waals surface area contributed by atoms with Gasteiger partial charge in [0.05, 0.1) is 0 Å². The second-order valence-corrected chi connectivity index (χ2v) is 3.32. The van der Waals surface area contributed by atoms with Crippen LogP contribution in [0.5, 0.6) is 5.75 Å². The molecule has 1 aromatic carbocycles. The normalized spacial score (nSPS) is 13.9. The first-order valence-electron chi connectivity index (χ1n) is 4.90. The Labute approximate surface area is 89.2 Å². The molecule has 1 aliphatic rings. The molecule has 0 fully saturated rings. The number of anilines is 1. The molecule has 0 saturated carbocycles. The lowest BCUT2D eigenvalue weighted by molar-refractivity contribution is 0.368. The third kappa shape index (κ3) is 2.29. The van der Waals surface area contributed by atoms with Gasteiger partial charge in [-0.2, -0.15) is 5.26 Å². The third-order valence-corrected chi connectivity index (χ3v) is 2.30. The maximum atomic E-state index is 8.41. The summed E-state index contributed by atoms with van der Waals surface area (Å²) in [6.45, 7) is 1.99. The monoisotopic (exact) mass is 200 g/mol. The van der Waals surface area contributed by atoms with E-state index >= 15 is 0 Å². The fraction of sp³-hybridized carbons (Fsp3) is 0.250. The van der Waals surface area contributed by atoms with Crippen LogP contribution in [-0.4, -0.2) is 19.7 Å². The van der Waals surface area contributed by atoms with Crippen molar-refractivity contribution in [2.75, 3.05) is 24.6 Å². The Kier molecular flexibility index (Phi) is 2.89. The van der Waals surface area contributed by atoms with Gasteiger partial charge in [-0.05, 0) is 12.1 Å². The summed E-state index contributed by atoms with van der Waals surface area (Å²) in [7, 11) is 0. The number of nitrogens with zero attached hydrogens (tertiary/aromatic N) is 2. The summed E-state index contributed by atoms with van der Waals surface area (Å²) in [6.07, 6.45) is 4.28. The van der Waals surface area contributed by atoms with Crippen LogP contribution in [0, 0.1) is 11.3 Å². The Balaban J connectivity index is 2.08. The van der Waals surface area contributed by atoms with Crippen LogP contribution in [-0.2, 0) is 0 Å². The summed E-state index contributed by atoms with van der Waals surface area (Å²) >= 11 is 0. The van der Waals surface area contributed by atoms with Gasteiger partial charge in [0.15, 0.2) is 6.61 Å². The van der Waals surface area contributed by atoms with E-state index in [-0.39, 0.29) is 6.61 Å². The Bertz CT molecular complexity index is 398. The molecule has 15 heavy (non-hydrogen) atoms. The van der Waals surface area contributed by atoms with Gasteiger partial charge in [0.1, 0.15) is 11.8 Å². The third-order valence-electron chi connectivity index (χ3n) is 2.30. The first kappa shape index (κ1) is 9.60. The molecule has 0 aromatic heterocycles. The van der Waals surface area contributed by atoms with E-state index in [0.717, 1.165) is 24.5 Å². The van der Waals surface area contributed by atoms with Crippen molar-refractivity contribution in [3.05, 3.63) is 36.4 Å². The average molecular weight is 200 g/mol. The minimum absolute atomic E-state index is 0.0989. The summed E-state index contributed by atoms with van der Waals surface area (Å²) in [5, 5.41) is 8.41. The van der Waals surface area contributed by atoms with E-state index in [1.54, 1.807) is 0 Å². The number of hydrogen-bond acceptors (Lipinski definition) is 3. The van der Waals surface area contributed by atoms with Crippen LogP contribution in [0.4, 0.5) is 5.69 Å². The van der Waals surface area contributed by atoms with Crippen molar-refractivity contribution in [1.82, 2.24) is 0 Å². The van der Waals surface area contributed by atoms with E-state index in [4.69, 9.17) is 10.00 Å². The van der Waals surface area contributed by atoms with Crippen molar-refractivity contribution >= 4 is 5.69 Å². The molecule has 0 radical (unpaired) electrons. The molecule has 0 atom stereocenters. The lowest BCUT2D eigenvalue weighted by Crippen LogP contribution is -2.18. The highest BCUT2D eigenvalue weighted by atomic mass is 16.5. The maximum absolute atomic E-state index is 8.41. The Morgan fingerprint density at radius 1 is 1.33 bits per heavy atom. The number of hydrogen-bond donors (Lipinski definition) is 0. The van der Waals surface area contributed by atoms with Crippen LogP contribution in [0.25, 0.3) is 0 Å². The highest BCUT2D eigenvalue weighted by molar-refractivity contribution is 5.52. The second kappa shape index (κ2) is 4.52. The average Bonchev–Trinajstić information content (AvgIpc) is 2.80. The van der Waals surface area contributed by atoms with Crippen molar-refractivity contribution in [2.45, 2.75) is 0 Å². The topological polar surface area (TPSA) is 36.3 Å². The second-order valence-electron chi connectivity index (χ2n) is 3.32. The number of ether oxygens (including phenoxy) is 1. The van der Waals surface area contributed by atoms with E-state index < -0.39 is 0 Å². The lowest BCUT2D eigenvalue weighted by atomic mass is 10.3. The number of benzene rings is 1. The molecule has 0 N–H and O–H groups in total. The first-order valence-corrected chi connectivity index (χ1v) is 4.90. The predicted molar refractivity (Wildman–Crippen MR) is 58.9 cm³/mol. The first-order chi connectivity index (χ1) is 7.40. The van der Waals surface area contributed by atoms with Crippen LogP contribution in [0.2, 0.25) is 0 Å². The molecule has 0 saturated heterocycles. The molecule has 0 aliphatic carbocycles. The van der Waals surface area contributed by atoms with Crippen molar-refractivity contribution in [1.29, 1.82) is 5.26 Å². The van der Waals surface area contributed by atoms with E-state index in [0.29, 0.717) is 0 Å². The molecule has 1 aromatic rings. The molecule has 0 unspecified atom stereocenters. The summed E-state index contributed by atoms with van der Waals surface area (Å²) in [5.41, 5.74) is 1.13. The minimum atomic E-state index is 0.0989. The highest BCUT2D eigenvalue weighted by Crippen LogP contribution is 2.22. The SMILES string of the molecule is N#CCOc1cccc(N2CC=CC2)c1.